The zero-order valence-corrected chi connectivity index (χ0v) is 28.5. The number of rotatable bonds is 9. The fourth-order valence-corrected chi connectivity index (χ4v) is 7.39. The number of halogens is 5. The summed E-state index contributed by atoms with van der Waals surface area (Å²) in [7, 11) is -3.89. The van der Waals surface area contributed by atoms with E-state index in [1.54, 1.807) is 18.2 Å². The van der Waals surface area contributed by atoms with Gasteiger partial charge < -0.3 is 18.9 Å². The van der Waals surface area contributed by atoms with Crippen LogP contribution in [0.15, 0.2) is 71.8 Å². The molecule has 4 aromatic rings. The minimum atomic E-state index is -3.89. The molecule has 0 bridgehead atoms. The lowest BCUT2D eigenvalue weighted by molar-refractivity contribution is -0.309. The normalized spacial score (nSPS) is 24.2. The standard InChI is InChI=1S/C30H25Cl3F2N4O7S2/c1-48(41,42)37-24(40)14-43-28-26(39-12-22(36-38-39)16-9-20(34)25(33)21(35)10-16)27-23(13-44-29(46-27)15-5-3-2-4-6-15)45-30(28)47-17-7-8-18(31)19(32)11-17/h2-12,23,26-30H,13-14H2,1H3,(H,37,40)/t23?,26?,27-,28?,29?,30+/m0/s1. The molecule has 2 aliphatic heterocycles. The van der Waals surface area contributed by atoms with E-state index in [1.807, 2.05) is 35.1 Å². The number of sulfonamides is 1. The number of thioether (sulfide) groups is 1. The molecule has 254 valence electrons. The molecule has 6 atom stereocenters. The van der Waals surface area contributed by atoms with Crippen molar-refractivity contribution in [2.75, 3.05) is 19.5 Å². The summed E-state index contributed by atoms with van der Waals surface area (Å²) in [6.07, 6.45) is -1.17. The number of hydrogen-bond donors (Lipinski definition) is 1. The topological polar surface area (TPSA) is 131 Å². The third-order valence-electron chi connectivity index (χ3n) is 7.33. The Balaban J connectivity index is 1.41. The highest BCUT2D eigenvalue weighted by molar-refractivity contribution is 7.99. The van der Waals surface area contributed by atoms with Crippen LogP contribution in [0.2, 0.25) is 15.1 Å². The number of amides is 1. The van der Waals surface area contributed by atoms with Crippen LogP contribution in [0.3, 0.4) is 0 Å². The van der Waals surface area contributed by atoms with Crippen LogP contribution < -0.4 is 4.72 Å². The van der Waals surface area contributed by atoms with Gasteiger partial charge in [0.2, 0.25) is 10.0 Å². The smallest absolute Gasteiger partial charge is 0.259 e. The molecule has 6 rings (SSSR count). The summed E-state index contributed by atoms with van der Waals surface area (Å²) in [6.45, 7) is -0.614. The third-order valence-corrected chi connectivity index (χ3v) is 10.2. The molecule has 4 unspecified atom stereocenters. The number of aromatic nitrogens is 3. The summed E-state index contributed by atoms with van der Waals surface area (Å²) in [6, 6.07) is 15.2. The lowest BCUT2D eigenvalue weighted by Gasteiger charge is -2.49. The first kappa shape index (κ1) is 35.0. The molecule has 48 heavy (non-hydrogen) atoms. The van der Waals surface area contributed by atoms with E-state index < -0.39 is 75.3 Å². The number of carbonyl (C=O) groups is 1. The number of hydrogen-bond acceptors (Lipinski definition) is 10. The van der Waals surface area contributed by atoms with Crippen LogP contribution in [-0.2, 0) is 33.8 Å². The van der Waals surface area contributed by atoms with Crippen molar-refractivity contribution in [2.24, 2.45) is 0 Å². The van der Waals surface area contributed by atoms with Gasteiger partial charge in [-0.2, -0.15) is 0 Å². The van der Waals surface area contributed by atoms with Crippen molar-refractivity contribution in [1.29, 1.82) is 0 Å². The average molecular weight is 762 g/mol. The van der Waals surface area contributed by atoms with E-state index in [0.717, 1.165) is 24.0 Å². The van der Waals surface area contributed by atoms with E-state index in [1.165, 1.54) is 22.6 Å². The van der Waals surface area contributed by atoms with Gasteiger partial charge in [-0.15, -0.1) is 5.10 Å². The minimum Gasteiger partial charge on any atom is -0.362 e. The quantitative estimate of drug-likeness (QED) is 0.209. The molecule has 3 heterocycles. The largest absolute Gasteiger partial charge is 0.362 e. The maximum Gasteiger partial charge on any atom is 0.259 e. The van der Waals surface area contributed by atoms with E-state index in [-0.39, 0.29) is 22.9 Å². The van der Waals surface area contributed by atoms with Crippen LogP contribution in [0.1, 0.15) is 17.9 Å². The molecule has 1 N–H and O–H groups in total. The second-order valence-electron chi connectivity index (χ2n) is 10.8. The molecule has 0 saturated carbocycles. The molecule has 0 radical (unpaired) electrons. The van der Waals surface area contributed by atoms with Crippen molar-refractivity contribution in [3.05, 3.63) is 99.1 Å². The molecular weight excluding hydrogens is 737 g/mol. The van der Waals surface area contributed by atoms with Crippen molar-refractivity contribution in [3.63, 3.8) is 0 Å². The Morgan fingerprint density at radius 2 is 1.79 bits per heavy atom. The van der Waals surface area contributed by atoms with Gasteiger partial charge in [0.1, 0.15) is 58.7 Å². The lowest BCUT2D eigenvalue weighted by Crippen LogP contribution is -2.59. The summed E-state index contributed by atoms with van der Waals surface area (Å²) in [5.41, 5.74) is -0.0102. The van der Waals surface area contributed by atoms with Crippen molar-refractivity contribution in [3.8, 4) is 11.3 Å². The first-order valence-corrected chi connectivity index (χ1v) is 18.0. The van der Waals surface area contributed by atoms with E-state index in [0.29, 0.717) is 9.92 Å². The second-order valence-corrected chi connectivity index (χ2v) is 14.9. The Labute approximate surface area is 292 Å². The fourth-order valence-electron chi connectivity index (χ4n) is 5.27. The Morgan fingerprint density at radius 3 is 2.48 bits per heavy atom. The van der Waals surface area contributed by atoms with Gasteiger partial charge in [-0.1, -0.05) is 82.1 Å². The highest BCUT2D eigenvalue weighted by Crippen LogP contribution is 2.45. The lowest BCUT2D eigenvalue weighted by atomic mass is 9.95. The van der Waals surface area contributed by atoms with Gasteiger partial charge in [0, 0.05) is 16.0 Å². The fraction of sp³-hybridized carbons (Fsp3) is 0.300. The average Bonchev–Trinajstić information content (AvgIpc) is 3.53. The Morgan fingerprint density at radius 1 is 1.06 bits per heavy atom. The summed E-state index contributed by atoms with van der Waals surface area (Å²) in [5.74, 6) is -2.90. The zero-order valence-electron chi connectivity index (χ0n) is 24.6. The summed E-state index contributed by atoms with van der Waals surface area (Å²) in [5, 5.41) is 8.39. The number of nitrogens with one attached hydrogen (secondary N) is 1. The van der Waals surface area contributed by atoms with Gasteiger partial charge in [0.25, 0.3) is 5.91 Å². The van der Waals surface area contributed by atoms with Crippen LogP contribution in [0.4, 0.5) is 8.78 Å². The Bertz CT molecular complexity index is 1900. The predicted octanol–water partition coefficient (Wildman–Crippen LogP) is 5.82. The predicted molar refractivity (Wildman–Crippen MR) is 173 cm³/mol. The second kappa shape index (κ2) is 14.5. The molecular formula is C30H25Cl3F2N4O7S2. The van der Waals surface area contributed by atoms with E-state index >= 15 is 0 Å². The van der Waals surface area contributed by atoms with Crippen LogP contribution in [0.5, 0.6) is 0 Å². The van der Waals surface area contributed by atoms with Crippen LogP contribution >= 0.6 is 46.6 Å². The van der Waals surface area contributed by atoms with Gasteiger partial charge in [-0.25, -0.2) is 21.9 Å². The number of benzene rings is 3. The summed E-state index contributed by atoms with van der Waals surface area (Å²) < 4.78 is 80.6. The maximum absolute atomic E-state index is 14.4. The van der Waals surface area contributed by atoms with Gasteiger partial charge >= 0.3 is 0 Å². The SMILES string of the molecule is CS(=O)(=O)NC(=O)COC1C(n2cc(-c3cc(F)c(Cl)c(F)c3)nn2)[C@H]2OC(c3ccccc3)OCC2O[C@@H]1Sc1ccc(Cl)c(Cl)c1. The molecule has 1 amide bonds. The third kappa shape index (κ3) is 7.95. The van der Waals surface area contributed by atoms with Gasteiger partial charge in [0.15, 0.2) is 6.29 Å². The van der Waals surface area contributed by atoms with Gasteiger partial charge in [0.05, 0.1) is 29.1 Å². The Kier molecular flexibility index (Phi) is 10.6. The Hall–Kier alpha value is -2.86. The number of nitrogens with zero attached hydrogens (tertiary/aromatic N) is 3. The first-order chi connectivity index (χ1) is 22.9. The van der Waals surface area contributed by atoms with Crippen molar-refractivity contribution >= 4 is 62.5 Å². The molecule has 2 saturated heterocycles. The van der Waals surface area contributed by atoms with E-state index in [9.17, 15) is 22.0 Å². The maximum atomic E-state index is 14.4. The molecule has 1 aromatic heterocycles. The molecule has 0 aliphatic carbocycles. The zero-order chi connectivity index (χ0) is 34.2. The van der Waals surface area contributed by atoms with Gasteiger partial charge in [-0.05, 0) is 30.3 Å². The monoisotopic (exact) mass is 760 g/mol. The van der Waals surface area contributed by atoms with Crippen molar-refractivity contribution in [1.82, 2.24) is 19.7 Å². The van der Waals surface area contributed by atoms with E-state index in [4.69, 9.17) is 53.8 Å². The van der Waals surface area contributed by atoms with Crippen molar-refractivity contribution in [2.45, 2.75) is 41.0 Å². The molecule has 2 fully saturated rings. The van der Waals surface area contributed by atoms with Crippen molar-refractivity contribution < 1.29 is 40.9 Å². The summed E-state index contributed by atoms with van der Waals surface area (Å²) >= 11 is 19.3. The summed E-state index contributed by atoms with van der Waals surface area (Å²) in [4.78, 5) is 13.3. The highest BCUT2D eigenvalue weighted by atomic mass is 35.5. The van der Waals surface area contributed by atoms with Gasteiger partial charge in [-0.3, -0.25) is 9.52 Å². The van der Waals surface area contributed by atoms with E-state index in [2.05, 4.69) is 10.3 Å². The van der Waals surface area contributed by atoms with Crippen LogP contribution in [0.25, 0.3) is 11.3 Å². The molecule has 0 spiro atoms. The number of fused-ring (bicyclic) bond motifs is 1. The minimum absolute atomic E-state index is 0.0612. The number of ether oxygens (including phenoxy) is 4. The molecule has 2 aliphatic rings. The van der Waals surface area contributed by atoms with Crippen LogP contribution in [-0.4, -0.2) is 72.5 Å². The van der Waals surface area contributed by atoms with Crippen LogP contribution in [0, 0.1) is 11.6 Å². The highest BCUT2D eigenvalue weighted by Gasteiger charge is 2.52. The molecule has 11 nitrogen and oxygen atoms in total. The first-order valence-electron chi connectivity index (χ1n) is 14.1. The molecule has 3 aromatic carbocycles. The number of carbonyl (C=O) groups excluding carboxylic acids is 1. The molecule has 18 heteroatoms.